The molecule has 0 saturated carbocycles. The quantitative estimate of drug-likeness (QED) is 0.771. The number of hydrogen-bond acceptors (Lipinski definition) is 6. The van der Waals surface area contributed by atoms with Crippen molar-refractivity contribution < 1.29 is 12.9 Å². The fraction of sp³-hybridized carbons (Fsp3) is 0.800. The second-order valence-corrected chi connectivity index (χ2v) is 6.38. The fourth-order valence-electron chi connectivity index (χ4n) is 2.00. The Kier molecular flexibility index (Phi) is 4.31. The molecule has 0 spiro atoms. The van der Waals surface area contributed by atoms with E-state index in [2.05, 4.69) is 20.2 Å². The van der Waals surface area contributed by atoms with E-state index in [-0.39, 0.29) is 18.2 Å². The lowest BCUT2D eigenvalue weighted by Crippen LogP contribution is -2.35. The number of piperidine rings is 1. The highest BCUT2D eigenvalue weighted by Crippen LogP contribution is 2.13. The van der Waals surface area contributed by atoms with Crippen molar-refractivity contribution in [2.45, 2.75) is 26.3 Å². The lowest BCUT2D eigenvalue weighted by molar-refractivity contribution is 0.370. The zero-order valence-corrected chi connectivity index (χ0v) is 11.2. The van der Waals surface area contributed by atoms with E-state index >= 15 is 0 Å². The van der Waals surface area contributed by atoms with E-state index in [1.165, 1.54) is 0 Å². The maximum atomic E-state index is 11.9. The first kappa shape index (κ1) is 13.4. The third-order valence-electron chi connectivity index (χ3n) is 2.93. The first-order chi connectivity index (χ1) is 8.55. The molecule has 0 aliphatic carbocycles. The van der Waals surface area contributed by atoms with Gasteiger partial charge in [0.1, 0.15) is 0 Å². The minimum absolute atomic E-state index is 0.0636. The van der Waals surface area contributed by atoms with Gasteiger partial charge in [-0.1, -0.05) is 5.16 Å². The van der Waals surface area contributed by atoms with Gasteiger partial charge in [0.2, 0.25) is 15.9 Å². The van der Waals surface area contributed by atoms with E-state index in [9.17, 15) is 8.42 Å². The maximum Gasteiger partial charge on any atom is 0.241 e. The Labute approximate surface area is 106 Å². The number of nitrogens with zero attached hydrogens (tertiary/aromatic N) is 2. The van der Waals surface area contributed by atoms with E-state index in [1.807, 2.05) is 0 Å². The van der Waals surface area contributed by atoms with Crippen molar-refractivity contribution in [2.24, 2.45) is 5.92 Å². The predicted molar refractivity (Wildman–Crippen MR) is 65.3 cm³/mol. The van der Waals surface area contributed by atoms with Gasteiger partial charge in [-0.2, -0.15) is 4.98 Å². The normalized spacial score (nSPS) is 18.1. The summed E-state index contributed by atoms with van der Waals surface area (Å²) in [5, 5.41) is 6.82. The molecular weight excluding hydrogens is 256 g/mol. The van der Waals surface area contributed by atoms with Gasteiger partial charge in [-0.25, -0.2) is 13.1 Å². The average molecular weight is 274 g/mol. The number of aromatic nitrogens is 2. The van der Waals surface area contributed by atoms with Crippen LogP contribution in [0, 0.1) is 12.8 Å². The molecule has 8 heteroatoms. The van der Waals surface area contributed by atoms with Crippen LogP contribution in [0.2, 0.25) is 0 Å². The molecule has 102 valence electrons. The molecule has 2 heterocycles. The Balaban J connectivity index is 1.83. The van der Waals surface area contributed by atoms with Crippen LogP contribution in [-0.4, -0.2) is 37.4 Å². The maximum absolute atomic E-state index is 11.9. The van der Waals surface area contributed by atoms with Gasteiger partial charge in [0, 0.05) is 0 Å². The summed E-state index contributed by atoms with van der Waals surface area (Å²) in [6.07, 6.45) is 1.81. The molecule has 2 N–H and O–H groups in total. The van der Waals surface area contributed by atoms with Crippen LogP contribution >= 0.6 is 0 Å². The van der Waals surface area contributed by atoms with Crippen molar-refractivity contribution in [3.05, 3.63) is 11.7 Å². The summed E-state index contributed by atoms with van der Waals surface area (Å²) in [5.74, 6) is 1.19. The summed E-state index contributed by atoms with van der Waals surface area (Å²) in [6.45, 7) is 3.54. The molecule has 18 heavy (non-hydrogen) atoms. The van der Waals surface area contributed by atoms with E-state index in [4.69, 9.17) is 4.52 Å². The molecule has 1 aliphatic heterocycles. The highest BCUT2D eigenvalue weighted by atomic mass is 32.2. The van der Waals surface area contributed by atoms with Gasteiger partial charge in [-0.3, -0.25) is 0 Å². The van der Waals surface area contributed by atoms with Gasteiger partial charge < -0.3 is 9.84 Å². The molecule has 1 fully saturated rings. The number of aryl methyl sites for hydroxylation is 1. The van der Waals surface area contributed by atoms with E-state index in [1.54, 1.807) is 6.92 Å². The minimum atomic E-state index is -3.28. The fourth-order valence-corrected chi connectivity index (χ4v) is 3.42. The van der Waals surface area contributed by atoms with Crippen molar-refractivity contribution in [1.82, 2.24) is 20.2 Å². The topological polar surface area (TPSA) is 97.1 Å². The highest BCUT2D eigenvalue weighted by molar-refractivity contribution is 7.89. The van der Waals surface area contributed by atoms with Crippen LogP contribution in [0.3, 0.4) is 0 Å². The lowest BCUT2D eigenvalue weighted by atomic mass is 10.0. The second-order valence-electron chi connectivity index (χ2n) is 4.53. The molecule has 0 atom stereocenters. The largest absolute Gasteiger partial charge is 0.338 e. The lowest BCUT2D eigenvalue weighted by Gasteiger charge is -2.22. The smallest absolute Gasteiger partial charge is 0.241 e. The number of nitrogens with one attached hydrogen (secondary N) is 2. The van der Waals surface area contributed by atoms with Crippen molar-refractivity contribution in [1.29, 1.82) is 0 Å². The molecule has 1 aromatic rings. The SMILES string of the molecule is Cc1noc(CNS(=O)(=O)CC2CCNCC2)n1. The van der Waals surface area contributed by atoms with Gasteiger partial charge in [-0.15, -0.1) is 0 Å². The molecule has 0 amide bonds. The summed E-state index contributed by atoms with van der Waals surface area (Å²) in [4.78, 5) is 3.95. The number of hydrogen-bond donors (Lipinski definition) is 2. The summed E-state index contributed by atoms with van der Waals surface area (Å²) in [7, 11) is -3.28. The van der Waals surface area contributed by atoms with Crippen molar-refractivity contribution in [2.75, 3.05) is 18.8 Å². The summed E-state index contributed by atoms with van der Waals surface area (Å²) in [6, 6.07) is 0. The third kappa shape index (κ3) is 4.04. The minimum Gasteiger partial charge on any atom is -0.338 e. The van der Waals surface area contributed by atoms with Crippen LogP contribution in [-0.2, 0) is 16.6 Å². The van der Waals surface area contributed by atoms with Crippen LogP contribution in [0.25, 0.3) is 0 Å². The van der Waals surface area contributed by atoms with Crippen LogP contribution in [0.15, 0.2) is 4.52 Å². The summed E-state index contributed by atoms with van der Waals surface area (Å²) < 4.78 is 31.1. The van der Waals surface area contributed by atoms with Gasteiger partial charge in [0.15, 0.2) is 5.82 Å². The number of sulfonamides is 1. The van der Waals surface area contributed by atoms with Crippen LogP contribution in [0.5, 0.6) is 0 Å². The molecule has 1 saturated heterocycles. The van der Waals surface area contributed by atoms with Gasteiger partial charge >= 0.3 is 0 Å². The Morgan fingerprint density at radius 2 is 2.17 bits per heavy atom. The molecule has 0 bridgehead atoms. The Morgan fingerprint density at radius 3 is 2.78 bits per heavy atom. The van der Waals surface area contributed by atoms with E-state index in [0.717, 1.165) is 25.9 Å². The third-order valence-corrected chi connectivity index (χ3v) is 4.42. The van der Waals surface area contributed by atoms with Gasteiger partial charge in [0.25, 0.3) is 0 Å². The van der Waals surface area contributed by atoms with E-state index in [0.29, 0.717) is 11.7 Å². The molecular formula is C10H18N4O3S. The van der Waals surface area contributed by atoms with Crippen LogP contribution in [0.1, 0.15) is 24.6 Å². The Bertz CT molecular complexity index is 479. The van der Waals surface area contributed by atoms with Crippen molar-refractivity contribution in [3.8, 4) is 0 Å². The zero-order valence-electron chi connectivity index (χ0n) is 10.3. The molecule has 1 aromatic heterocycles. The summed E-state index contributed by atoms with van der Waals surface area (Å²) >= 11 is 0. The van der Waals surface area contributed by atoms with Crippen LogP contribution in [0.4, 0.5) is 0 Å². The van der Waals surface area contributed by atoms with E-state index < -0.39 is 10.0 Å². The van der Waals surface area contributed by atoms with Crippen LogP contribution < -0.4 is 10.0 Å². The Hall–Kier alpha value is -0.990. The monoisotopic (exact) mass is 274 g/mol. The second kappa shape index (κ2) is 5.77. The summed E-state index contributed by atoms with van der Waals surface area (Å²) in [5.41, 5.74) is 0. The average Bonchev–Trinajstić information content (AvgIpc) is 2.74. The Morgan fingerprint density at radius 1 is 1.44 bits per heavy atom. The van der Waals surface area contributed by atoms with Crippen molar-refractivity contribution >= 4 is 10.0 Å². The standard InChI is InChI=1S/C10H18N4O3S/c1-8-13-10(17-14-8)6-12-18(15,16)7-9-2-4-11-5-3-9/h9,11-12H,2-7H2,1H3. The predicted octanol–water partition coefficient (Wildman–Crippen LogP) is -0.203. The first-order valence-electron chi connectivity index (χ1n) is 6.02. The molecule has 2 rings (SSSR count). The van der Waals surface area contributed by atoms with Crippen molar-refractivity contribution in [3.63, 3.8) is 0 Å². The molecule has 7 nitrogen and oxygen atoms in total. The highest BCUT2D eigenvalue weighted by Gasteiger charge is 2.21. The molecule has 1 aliphatic rings. The molecule has 0 aromatic carbocycles. The zero-order chi connectivity index (χ0) is 13.0. The van der Waals surface area contributed by atoms with Gasteiger partial charge in [-0.05, 0) is 38.8 Å². The van der Waals surface area contributed by atoms with Gasteiger partial charge in [0.05, 0.1) is 12.3 Å². The first-order valence-corrected chi connectivity index (χ1v) is 7.67. The molecule has 0 unspecified atom stereocenters. The molecule has 0 radical (unpaired) electrons. The number of rotatable bonds is 5.